The summed E-state index contributed by atoms with van der Waals surface area (Å²) in [6.45, 7) is 6.31. The number of ether oxygens (including phenoxy) is 1. The van der Waals surface area contributed by atoms with Gasteiger partial charge >= 0.3 is 5.97 Å². The van der Waals surface area contributed by atoms with Crippen LogP contribution in [0.15, 0.2) is 82.6 Å². The third-order valence-electron chi connectivity index (χ3n) is 6.30. The Morgan fingerprint density at radius 3 is 2.61 bits per heavy atom. The SMILES string of the molecule is CCOC(=O)C1=C(C)N(Cc2cccc(C(=O)NCc3ccco3)c2)C(=O)CC1c1cccc(C)c1. The number of rotatable bonds is 8. The van der Waals surface area contributed by atoms with Crippen LogP contribution in [0.25, 0.3) is 0 Å². The van der Waals surface area contributed by atoms with Crippen LogP contribution in [0.3, 0.4) is 0 Å². The van der Waals surface area contributed by atoms with Gasteiger partial charge < -0.3 is 19.4 Å². The summed E-state index contributed by atoms with van der Waals surface area (Å²) in [5, 5.41) is 2.83. The minimum absolute atomic E-state index is 0.0836. The Morgan fingerprint density at radius 2 is 1.89 bits per heavy atom. The maximum Gasteiger partial charge on any atom is 0.336 e. The van der Waals surface area contributed by atoms with Gasteiger partial charge in [0.2, 0.25) is 5.91 Å². The van der Waals surface area contributed by atoms with Crippen molar-refractivity contribution in [1.82, 2.24) is 10.2 Å². The van der Waals surface area contributed by atoms with E-state index in [-0.39, 0.29) is 43.8 Å². The maximum absolute atomic E-state index is 13.3. The van der Waals surface area contributed by atoms with E-state index < -0.39 is 5.97 Å². The van der Waals surface area contributed by atoms with Crippen molar-refractivity contribution in [2.75, 3.05) is 6.61 Å². The number of furan rings is 1. The zero-order valence-electron chi connectivity index (χ0n) is 20.7. The molecule has 1 atom stereocenters. The number of nitrogens with zero attached hydrogens (tertiary/aromatic N) is 1. The van der Waals surface area contributed by atoms with Crippen molar-refractivity contribution in [3.63, 3.8) is 0 Å². The first-order valence-electron chi connectivity index (χ1n) is 12.0. The summed E-state index contributed by atoms with van der Waals surface area (Å²) < 4.78 is 10.6. The molecule has 186 valence electrons. The molecule has 0 saturated carbocycles. The fourth-order valence-corrected chi connectivity index (χ4v) is 4.52. The zero-order chi connectivity index (χ0) is 25.7. The first kappa shape index (κ1) is 25.0. The highest BCUT2D eigenvalue weighted by atomic mass is 16.5. The number of aryl methyl sites for hydroxylation is 1. The third kappa shape index (κ3) is 5.57. The van der Waals surface area contributed by atoms with Gasteiger partial charge in [-0.05, 0) is 56.2 Å². The van der Waals surface area contributed by atoms with Gasteiger partial charge in [-0.15, -0.1) is 0 Å². The van der Waals surface area contributed by atoms with Crippen molar-refractivity contribution in [3.05, 3.63) is 106 Å². The number of amides is 2. The molecule has 3 aromatic rings. The van der Waals surface area contributed by atoms with Gasteiger partial charge in [0.15, 0.2) is 0 Å². The van der Waals surface area contributed by atoms with Crippen LogP contribution < -0.4 is 5.32 Å². The average molecular weight is 487 g/mol. The number of carbonyl (C=O) groups excluding carboxylic acids is 3. The molecule has 4 rings (SSSR count). The summed E-state index contributed by atoms with van der Waals surface area (Å²) in [7, 11) is 0. The van der Waals surface area contributed by atoms with Crippen molar-refractivity contribution >= 4 is 17.8 Å². The number of carbonyl (C=O) groups is 3. The largest absolute Gasteiger partial charge is 0.467 e. The summed E-state index contributed by atoms with van der Waals surface area (Å²) in [5.41, 5.74) is 4.31. The van der Waals surface area contributed by atoms with E-state index in [0.29, 0.717) is 22.6 Å². The highest BCUT2D eigenvalue weighted by Crippen LogP contribution is 2.38. The Hall–Kier alpha value is -4.13. The number of esters is 1. The Morgan fingerprint density at radius 1 is 1.08 bits per heavy atom. The van der Waals surface area contributed by atoms with Crippen LogP contribution in [0, 0.1) is 6.92 Å². The lowest BCUT2D eigenvalue weighted by molar-refractivity contribution is -0.140. The molecule has 7 heteroatoms. The normalized spacial score (nSPS) is 15.7. The zero-order valence-corrected chi connectivity index (χ0v) is 20.7. The Balaban J connectivity index is 1.59. The van der Waals surface area contributed by atoms with E-state index in [2.05, 4.69) is 5.32 Å². The molecule has 1 unspecified atom stereocenters. The highest BCUT2D eigenvalue weighted by Gasteiger charge is 2.37. The van der Waals surface area contributed by atoms with E-state index in [0.717, 1.165) is 16.7 Å². The maximum atomic E-state index is 13.3. The van der Waals surface area contributed by atoms with Crippen LogP contribution in [0.5, 0.6) is 0 Å². The molecule has 2 amide bonds. The summed E-state index contributed by atoms with van der Waals surface area (Å²) >= 11 is 0. The molecule has 0 bridgehead atoms. The predicted octanol–water partition coefficient (Wildman–Crippen LogP) is 4.87. The molecule has 2 aromatic carbocycles. The van der Waals surface area contributed by atoms with Crippen molar-refractivity contribution in [2.45, 2.75) is 46.2 Å². The number of benzene rings is 2. The summed E-state index contributed by atoms with van der Waals surface area (Å²) in [4.78, 5) is 40.6. The molecule has 2 heterocycles. The molecule has 36 heavy (non-hydrogen) atoms. The minimum atomic E-state index is -0.412. The molecular formula is C29H30N2O5. The predicted molar refractivity (Wildman–Crippen MR) is 135 cm³/mol. The molecule has 1 aromatic heterocycles. The van der Waals surface area contributed by atoms with Crippen LogP contribution in [-0.2, 0) is 27.4 Å². The van der Waals surface area contributed by atoms with E-state index in [1.807, 2.05) is 37.3 Å². The van der Waals surface area contributed by atoms with Crippen LogP contribution >= 0.6 is 0 Å². The van der Waals surface area contributed by atoms with Crippen LogP contribution in [0.1, 0.15) is 59.0 Å². The first-order valence-corrected chi connectivity index (χ1v) is 12.0. The molecule has 1 aliphatic rings. The van der Waals surface area contributed by atoms with Crippen molar-refractivity contribution in [2.24, 2.45) is 0 Å². The topological polar surface area (TPSA) is 88.8 Å². The van der Waals surface area contributed by atoms with E-state index in [1.165, 1.54) is 0 Å². The molecule has 0 spiro atoms. The van der Waals surface area contributed by atoms with Gasteiger partial charge in [-0.2, -0.15) is 0 Å². The molecule has 0 fully saturated rings. The van der Waals surface area contributed by atoms with E-state index in [9.17, 15) is 14.4 Å². The summed E-state index contributed by atoms with van der Waals surface area (Å²) in [6.07, 6.45) is 1.72. The lowest BCUT2D eigenvalue weighted by Crippen LogP contribution is -2.38. The van der Waals surface area contributed by atoms with Crippen LogP contribution in [0.2, 0.25) is 0 Å². The standard InChI is InChI=1S/C29H30N2O5/c1-4-35-29(34)27-20(3)31(26(32)16-25(27)22-10-5-8-19(2)14-22)18-21-9-6-11-23(15-21)28(33)30-17-24-12-7-13-36-24/h5-15,25H,4,16-18H2,1-3H3,(H,30,33). The van der Waals surface area contributed by atoms with Crippen molar-refractivity contribution < 1.29 is 23.5 Å². The van der Waals surface area contributed by atoms with Crippen molar-refractivity contribution in [1.29, 1.82) is 0 Å². The summed E-state index contributed by atoms with van der Waals surface area (Å²) in [6, 6.07) is 18.5. The highest BCUT2D eigenvalue weighted by molar-refractivity contribution is 5.96. The average Bonchev–Trinajstić information content (AvgIpc) is 3.39. The van der Waals surface area contributed by atoms with Gasteiger partial charge in [0.25, 0.3) is 5.91 Å². The number of nitrogens with one attached hydrogen (secondary N) is 1. The van der Waals surface area contributed by atoms with E-state index in [4.69, 9.17) is 9.15 Å². The van der Waals surface area contributed by atoms with E-state index >= 15 is 0 Å². The number of hydrogen-bond donors (Lipinski definition) is 1. The van der Waals surface area contributed by atoms with Gasteiger partial charge in [-0.3, -0.25) is 9.59 Å². The van der Waals surface area contributed by atoms with Crippen LogP contribution in [-0.4, -0.2) is 29.3 Å². The molecule has 0 saturated heterocycles. The molecule has 0 radical (unpaired) electrons. The molecule has 7 nitrogen and oxygen atoms in total. The lowest BCUT2D eigenvalue weighted by Gasteiger charge is -2.34. The fraction of sp³-hybridized carbons (Fsp3) is 0.276. The van der Waals surface area contributed by atoms with E-state index in [1.54, 1.807) is 55.3 Å². The van der Waals surface area contributed by atoms with Crippen LogP contribution in [0.4, 0.5) is 0 Å². The lowest BCUT2D eigenvalue weighted by atomic mass is 9.83. The molecular weight excluding hydrogens is 456 g/mol. The second-order valence-corrected chi connectivity index (χ2v) is 8.83. The van der Waals surface area contributed by atoms with Gasteiger partial charge in [-0.25, -0.2) is 4.79 Å². The molecule has 1 aliphatic heterocycles. The van der Waals surface area contributed by atoms with Gasteiger partial charge in [0.1, 0.15) is 5.76 Å². The Bertz CT molecular complexity index is 1290. The third-order valence-corrected chi connectivity index (χ3v) is 6.30. The molecule has 0 aliphatic carbocycles. The quantitative estimate of drug-likeness (QED) is 0.459. The van der Waals surface area contributed by atoms with Crippen molar-refractivity contribution in [3.8, 4) is 0 Å². The monoisotopic (exact) mass is 486 g/mol. The molecule has 1 N–H and O–H groups in total. The second-order valence-electron chi connectivity index (χ2n) is 8.83. The fourth-order valence-electron chi connectivity index (χ4n) is 4.52. The first-order chi connectivity index (χ1) is 17.4. The number of hydrogen-bond acceptors (Lipinski definition) is 5. The van der Waals surface area contributed by atoms with Gasteiger partial charge in [-0.1, -0.05) is 42.0 Å². The minimum Gasteiger partial charge on any atom is -0.467 e. The smallest absolute Gasteiger partial charge is 0.336 e. The van der Waals surface area contributed by atoms with Gasteiger partial charge in [0, 0.05) is 23.6 Å². The Kier molecular flexibility index (Phi) is 7.68. The summed E-state index contributed by atoms with van der Waals surface area (Å²) in [5.74, 6) is -0.442. The Labute approximate surface area is 210 Å². The van der Waals surface area contributed by atoms with Gasteiger partial charge in [0.05, 0.1) is 31.5 Å². The second kappa shape index (κ2) is 11.1. The number of allylic oxidation sites excluding steroid dienone is 1.